The van der Waals surface area contributed by atoms with E-state index in [0.717, 1.165) is 12.8 Å². The van der Waals surface area contributed by atoms with Gasteiger partial charge in [-0.1, -0.05) is 18.2 Å². The molecule has 2 fully saturated rings. The molecule has 2 aliphatic rings. The first kappa shape index (κ1) is 19.8. The molecule has 4 nitrogen and oxygen atoms in total. The summed E-state index contributed by atoms with van der Waals surface area (Å²) in [5.74, 6) is -0.544. The number of hydrogen-bond donors (Lipinski definition) is 2. The predicted molar refractivity (Wildman–Crippen MR) is 89.5 cm³/mol. The second-order valence-electron chi connectivity index (χ2n) is 6.92. The average Bonchev–Trinajstić information content (AvgIpc) is 3.37. The second-order valence-corrected chi connectivity index (χ2v) is 6.92. The smallest absolute Gasteiger partial charge is 0.405 e. The molecule has 0 spiro atoms. The fourth-order valence-corrected chi connectivity index (χ4v) is 3.25. The highest BCUT2D eigenvalue weighted by Crippen LogP contribution is 2.51. The number of alkyl halides is 3. The van der Waals surface area contributed by atoms with Crippen LogP contribution in [0, 0.1) is 11.8 Å². The van der Waals surface area contributed by atoms with Crippen molar-refractivity contribution >= 4 is 18.3 Å². The van der Waals surface area contributed by atoms with Crippen LogP contribution in [-0.2, 0) is 4.79 Å². The van der Waals surface area contributed by atoms with Crippen molar-refractivity contribution in [3.63, 3.8) is 0 Å². The van der Waals surface area contributed by atoms with Gasteiger partial charge < -0.3 is 15.8 Å². The molecule has 25 heavy (non-hydrogen) atoms. The van der Waals surface area contributed by atoms with Gasteiger partial charge in [0.1, 0.15) is 5.75 Å². The number of nitrogens with two attached hydrogens (primary N) is 1. The number of halogens is 4. The summed E-state index contributed by atoms with van der Waals surface area (Å²) in [7, 11) is 0. The van der Waals surface area contributed by atoms with Crippen molar-refractivity contribution < 1.29 is 22.7 Å². The van der Waals surface area contributed by atoms with E-state index in [9.17, 15) is 18.0 Å². The van der Waals surface area contributed by atoms with Gasteiger partial charge in [-0.05, 0) is 49.7 Å². The fourth-order valence-electron chi connectivity index (χ4n) is 3.25. The number of para-hydroxylation sites is 1. The highest BCUT2D eigenvalue weighted by molar-refractivity contribution is 5.85. The Morgan fingerprint density at radius 2 is 1.96 bits per heavy atom. The zero-order valence-corrected chi connectivity index (χ0v) is 14.6. The third-order valence-corrected chi connectivity index (χ3v) is 4.98. The van der Waals surface area contributed by atoms with Crippen LogP contribution in [0.4, 0.5) is 13.2 Å². The molecule has 0 heterocycles. The quantitative estimate of drug-likeness (QED) is 0.797. The molecule has 0 aromatic heterocycles. The number of nitrogens with one attached hydrogen (secondary N) is 1. The topological polar surface area (TPSA) is 64.3 Å². The molecule has 1 aromatic rings. The number of amides is 1. The number of rotatable bonds is 6. The summed E-state index contributed by atoms with van der Waals surface area (Å²) in [6.07, 6.45) is -2.13. The Kier molecular flexibility index (Phi) is 5.59. The van der Waals surface area contributed by atoms with Gasteiger partial charge in [0.05, 0.1) is 5.54 Å². The van der Waals surface area contributed by atoms with E-state index in [-0.39, 0.29) is 35.9 Å². The van der Waals surface area contributed by atoms with Gasteiger partial charge in [-0.25, -0.2) is 0 Å². The maximum Gasteiger partial charge on any atom is 0.573 e. The van der Waals surface area contributed by atoms with Crippen LogP contribution in [-0.4, -0.2) is 24.4 Å². The SMILES string of the molecule is CC(CN)(NC(=O)C1CC1c1ccccc1OC(F)(F)F)C1CC1.Cl. The molecule has 1 aromatic carbocycles. The molecular formula is C17H22ClF3N2O2. The van der Waals surface area contributed by atoms with Crippen LogP contribution < -0.4 is 15.8 Å². The molecule has 3 unspecified atom stereocenters. The number of carbonyl (C=O) groups is 1. The van der Waals surface area contributed by atoms with E-state index in [1.165, 1.54) is 12.1 Å². The Morgan fingerprint density at radius 3 is 2.52 bits per heavy atom. The van der Waals surface area contributed by atoms with Crippen LogP contribution in [0.25, 0.3) is 0 Å². The molecule has 3 atom stereocenters. The minimum Gasteiger partial charge on any atom is -0.405 e. The van der Waals surface area contributed by atoms with Gasteiger partial charge >= 0.3 is 6.36 Å². The minimum atomic E-state index is -4.74. The lowest BCUT2D eigenvalue weighted by molar-refractivity contribution is -0.274. The van der Waals surface area contributed by atoms with Crippen LogP contribution in [0.15, 0.2) is 24.3 Å². The van der Waals surface area contributed by atoms with E-state index in [2.05, 4.69) is 10.1 Å². The molecule has 0 bridgehead atoms. The lowest BCUT2D eigenvalue weighted by Gasteiger charge is -2.29. The first-order chi connectivity index (χ1) is 11.2. The Morgan fingerprint density at radius 1 is 1.32 bits per heavy atom. The van der Waals surface area contributed by atoms with Crippen molar-refractivity contribution in [3.05, 3.63) is 29.8 Å². The summed E-state index contributed by atoms with van der Waals surface area (Å²) >= 11 is 0. The van der Waals surface area contributed by atoms with Crippen LogP contribution in [0.2, 0.25) is 0 Å². The highest BCUT2D eigenvalue weighted by atomic mass is 35.5. The summed E-state index contributed by atoms with van der Waals surface area (Å²) in [6, 6.07) is 6.01. The average molecular weight is 379 g/mol. The first-order valence-electron chi connectivity index (χ1n) is 8.10. The molecule has 2 aliphatic carbocycles. The Bertz CT molecular complexity index is 637. The molecular weight excluding hydrogens is 357 g/mol. The third kappa shape index (κ3) is 4.58. The van der Waals surface area contributed by atoms with Crippen molar-refractivity contribution in [1.82, 2.24) is 5.32 Å². The monoisotopic (exact) mass is 378 g/mol. The van der Waals surface area contributed by atoms with Crippen molar-refractivity contribution in [2.45, 2.75) is 44.0 Å². The van der Waals surface area contributed by atoms with Crippen LogP contribution in [0.1, 0.15) is 37.7 Å². The second kappa shape index (κ2) is 7.03. The highest BCUT2D eigenvalue weighted by Gasteiger charge is 2.49. The van der Waals surface area contributed by atoms with Crippen molar-refractivity contribution in [2.24, 2.45) is 17.6 Å². The van der Waals surface area contributed by atoms with E-state index in [1.807, 2.05) is 6.92 Å². The van der Waals surface area contributed by atoms with Crippen molar-refractivity contribution in [1.29, 1.82) is 0 Å². The summed E-state index contributed by atoms with van der Waals surface area (Å²) < 4.78 is 41.6. The Hall–Kier alpha value is -1.47. The zero-order chi connectivity index (χ0) is 17.5. The molecule has 0 aliphatic heterocycles. The van der Waals surface area contributed by atoms with E-state index in [0.29, 0.717) is 24.4 Å². The zero-order valence-electron chi connectivity index (χ0n) is 13.8. The van der Waals surface area contributed by atoms with Crippen LogP contribution >= 0.6 is 12.4 Å². The maximum absolute atomic E-state index is 12.5. The fraction of sp³-hybridized carbons (Fsp3) is 0.588. The van der Waals surface area contributed by atoms with Crippen molar-refractivity contribution in [3.8, 4) is 5.75 Å². The lowest BCUT2D eigenvalue weighted by Crippen LogP contribution is -2.53. The summed E-state index contributed by atoms with van der Waals surface area (Å²) in [5, 5.41) is 3.01. The molecule has 3 rings (SSSR count). The number of hydrogen-bond acceptors (Lipinski definition) is 3. The predicted octanol–water partition coefficient (Wildman–Crippen LogP) is 3.35. The molecule has 0 saturated heterocycles. The lowest BCUT2D eigenvalue weighted by atomic mass is 9.95. The first-order valence-corrected chi connectivity index (χ1v) is 8.10. The van der Waals surface area contributed by atoms with Gasteiger partial charge in [-0.3, -0.25) is 4.79 Å². The molecule has 8 heteroatoms. The standard InChI is InChI=1S/C17H21F3N2O2.ClH/c1-16(9-21,10-6-7-10)22-15(23)13-8-12(13)11-4-2-3-5-14(11)24-17(18,19)20;/h2-5,10,12-13H,6-9,21H2,1H3,(H,22,23);1H. The summed E-state index contributed by atoms with van der Waals surface area (Å²) in [6.45, 7) is 2.29. The normalized spacial score (nSPS) is 24.7. The van der Waals surface area contributed by atoms with Gasteiger partial charge in [0, 0.05) is 12.5 Å². The van der Waals surface area contributed by atoms with Gasteiger partial charge in [0.15, 0.2) is 0 Å². The van der Waals surface area contributed by atoms with E-state index in [1.54, 1.807) is 12.1 Å². The molecule has 140 valence electrons. The van der Waals surface area contributed by atoms with E-state index >= 15 is 0 Å². The van der Waals surface area contributed by atoms with Gasteiger partial charge in [-0.2, -0.15) is 0 Å². The number of carbonyl (C=O) groups excluding carboxylic acids is 1. The Labute approximate surface area is 150 Å². The largest absolute Gasteiger partial charge is 0.573 e. The molecule has 1 amide bonds. The summed E-state index contributed by atoms with van der Waals surface area (Å²) in [5.41, 5.74) is 5.80. The van der Waals surface area contributed by atoms with E-state index in [4.69, 9.17) is 5.73 Å². The van der Waals surface area contributed by atoms with Crippen LogP contribution in [0.5, 0.6) is 5.75 Å². The van der Waals surface area contributed by atoms with Gasteiger partial charge in [0.2, 0.25) is 5.91 Å². The molecule has 2 saturated carbocycles. The maximum atomic E-state index is 12.5. The van der Waals surface area contributed by atoms with Gasteiger partial charge in [-0.15, -0.1) is 25.6 Å². The summed E-state index contributed by atoms with van der Waals surface area (Å²) in [4.78, 5) is 12.5. The van der Waals surface area contributed by atoms with E-state index < -0.39 is 11.9 Å². The number of ether oxygens (including phenoxy) is 1. The van der Waals surface area contributed by atoms with Gasteiger partial charge in [0.25, 0.3) is 0 Å². The Balaban J connectivity index is 0.00000225. The molecule has 3 N–H and O–H groups in total. The molecule has 0 radical (unpaired) electrons. The minimum absolute atomic E-state index is 0. The van der Waals surface area contributed by atoms with Crippen LogP contribution in [0.3, 0.4) is 0 Å². The third-order valence-electron chi connectivity index (χ3n) is 4.98. The van der Waals surface area contributed by atoms with Crippen molar-refractivity contribution in [2.75, 3.05) is 6.54 Å². The number of benzene rings is 1.